The van der Waals surface area contributed by atoms with Crippen LogP contribution < -0.4 is 20.7 Å². The standard InChI is InChI=1S/C19H24N4O2/c1-25-18-8-7-15(13-17(18)20)21-19(24)14-22-9-11-23(12-10-22)16-5-3-2-4-6-16/h2-8,13H,9-12,14,20H2,1H3,(H,21,24). The van der Waals surface area contributed by atoms with Gasteiger partial charge in [0, 0.05) is 37.6 Å². The number of nitrogen functional groups attached to an aromatic ring is 1. The van der Waals surface area contributed by atoms with Crippen LogP contribution in [0.5, 0.6) is 5.75 Å². The predicted molar refractivity (Wildman–Crippen MR) is 101 cm³/mol. The molecular weight excluding hydrogens is 316 g/mol. The molecule has 1 amide bonds. The average molecular weight is 340 g/mol. The maximum atomic E-state index is 12.3. The second-order valence-electron chi connectivity index (χ2n) is 6.10. The number of rotatable bonds is 5. The van der Waals surface area contributed by atoms with Crippen molar-refractivity contribution in [2.75, 3.05) is 55.8 Å². The summed E-state index contributed by atoms with van der Waals surface area (Å²) < 4.78 is 5.12. The number of nitrogens with one attached hydrogen (secondary N) is 1. The van der Waals surface area contributed by atoms with Gasteiger partial charge in [-0.05, 0) is 30.3 Å². The van der Waals surface area contributed by atoms with Crippen LogP contribution in [0.1, 0.15) is 0 Å². The van der Waals surface area contributed by atoms with E-state index in [0.717, 1.165) is 26.2 Å². The van der Waals surface area contributed by atoms with E-state index in [1.807, 2.05) is 6.07 Å². The first-order valence-electron chi connectivity index (χ1n) is 8.41. The van der Waals surface area contributed by atoms with E-state index in [-0.39, 0.29) is 5.91 Å². The highest BCUT2D eigenvalue weighted by Crippen LogP contribution is 2.24. The summed E-state index contributed by atoms with van der Waals surface area (Å²) in [6, 6.07) is 15.6. The quantitative estimate of drug-likeness (QED) is 0.815. The van der Waals surface area contributed by atoms with E-state index in [2.05, 4.69) is 39.4 Å². The molecule has 0 saturated carbocycles. The van der Waals surface area contributed by atoms with Crippen molar-refractivity contribution >= 4 is 23.0 Å². The van der Waals surface area contributed by atoms with Crippen molar-refractivity contribution in [2.24, 2.45) is 0 Å². The number of carbonyl (C=O) groups excluding carboxylic acids is 1. The number of anilines is 3. The van der Waals surface area contributed by atoms with Gasteiger partial charge in [0.1, 0.15) is 5.75 Å². The molecule has 3 N–H and O–H groups in total. The lowest BCUT2D eigenvalue weighted by Gasteiger charge is -2.35. The molecule has 1 fully saturated rings. The molecule has 1 aliphatic heterocycles. The summed E-state index contributed by atoms with van der Waals surface area (Å²) in [6.45, 7) is 3.97. The molecule has 6 nitrogen and oxygen atoms in total. The Morgan fingerprint density at radius 1 is 1.12 bits per heavy atom. The van der Waals surface area contributed by atoms with Gasteiger partial charge in [-0.15, -0.1) is 0 Å². The number of hydrogen-bond donors (Lipinski definition) is 2. The Labute approximate surface area is 148 Å². The molecule has 1 aliphatic rings. The summed E-state index contributed by atoms with van der Waals surface area (Å²) >= 11 is 0. The minimum absolute atomic E-state index is 0.0299. The fraction of sp³-hybridized carbons (Fsp3) is 0.316. The molecule has 25 heavy (non-hydrogen) atoms. The highest BCUT2D eigenvalue weighted by atomic mass is 16.5. The number of amides is 1. The third kappa shape index (κ3) is 4.42. The van der Waals surface area contributed by atoms with E-state index in [4.69, 9.17) is 10.5 Å². The van der Waals surface area contributed by atoms with Gasteiger partial charge >= 0.3 is 0 Å². The highest BCUT2D eigenvalue weighted by molar-refractivity contribution is 5.93. The van der Waals surface area contributed by atoms with Gasteiger partial charge in [0.2, 0.25) is 5.91 Å². The van der Waals surface area contributed by atoms with Crippen molar-refractivity contribution in [2.45, 2.75) is 0 Å². The summed E-state index contributed by atoms with van der Waals surface area (Å²) in [5.41, 5.74) is 8.30. The minimum Gasteiger partial charge on any atom is -0.495 e. The van der Waals surface area contributed by atoms with Crippen molar-refractivity contribution in [3.05, 3.63) is 48.5 Å². The van der Waals surface area contributed by atoms with Crippen LogP contribution in [-0.2, 0) is 4.79 Å². The third-order valence-electron chi connectivity index (χ3n) is 4.37. The van der Waals surface area contributed by atoms with Gasteiger partial charge in [0.15, 0.2) is 0 Å². The Hall–Kier alpha value is -2.73. The van der Waals surface area contributed by atoms with Crippen molar-refractivity contribution in [3.8, 4) is 5.75 Å². The molecule has 2 aromatic rings. The first-order valence-corrected chi connectivity index (χ1v) is 8.41. The van der Waals surface area contributed by atoms with E-state index in [1.54, 1.807) is 25.3 Å². The van der Waals surface area contributed by atoms with Crippen LogP contribution in [0.2, 0.25) is 0 Å². The lowest BCUT2D eigenvalue weighted by Crippen LogP contribution is -2.48. The summed E-state index contributed by atoms with van der Waals surface area (Å²) in [4.78, 5) is 16.8. The molecule has 0 bridgehead atoms. The molecule has 6 heteroatoms. The summed E-state index contributed by atoms with van der Waals surface area (Å²) in [7, 11) is 1.57. The van der Waals surface area contributed by atoms with Crippen molar-refractivity contribution in [1.29, 1.82) is 0 Å². The van der Waals surface area contributed by atoms with E-state index < -0.39 is 0 Å². The Morgan fingerprint density at radius 2 is 1.84 bits per heavy atom. The molecule has 1 heterocycles. The van der Waals surface area contributed by atoms with Crippen LogP contribution in [0, 0.1) is 0 Å². The van der Waals surface area contributed by atoms with Crippen LogP contribution in [0.15, 0.2) is 48.5 Å². The zero-order chi connectivity index (χ0) is 17.6. The fourth-order valence-electron chi connectivity index (χ4n) is 3.02. The van der Waals surface area contributed by atoms with Gasteiger partial charge in [0.05, 0.1) is 19.3 Å². The summed E-state index contributed by atoms with van der Waals surface area (Å²) in [5, 5.41) is 2.89. The number of ether oxygens (including phenoxy) is 1. The van der Waals surface area contributed by atoms with Gasteiger partial charge in [-0.3, -0.25) is 9.69 Å². The minimum atomic E-state index is -0.0299. The van der Waals surface area contributed by atoms with E-state index in [1.165, 1.54) is 5.69 Å². The molecule has 0 spiro atoms. The summed E-state index contributed by atoms with van der Waals surface area (Å²) in [5.74, 6) is 0.577. The molecule has 0 aromatic heterocycles. The van der Waals surface area contributed by atoms with E-state index >= 15 is 0 Å². The van der Waals surface area contributed by atoms with Gasteiger partial charge in [0.25, 0.3) is 0 Å². The topological polar surface area (TPSA) is 70.8 Å². The Kier molecular flexibility index (Phi) is 5.40. The Balaban J connectivity index is 1.49. The third-order valence-corrected chi connectivity index (χ3v) is 4.37. The number of methoxy groups -OCH3 is 1. The fourth-order valence-corrected chi connectivity index (χ4v) is 3.02. The van der Waals surface area contributed by atoms with Crippen molar-refractivity contribution < 1.29 is 9.53 Å². The number of hydrogen-bond acceptors (Lipinski definition) is 5. The molecule has 0 aliphatic carbocycles. The van der Waals surface area contributed by atoms with E-state index in [9.17, 15) is 4.79 Å². The van der Waals surface area contributed by atoms with Crippen molar-refractivity contribution in [1.82, 2.24) is 4.90 Å². The first kappa shape index (κ1) is 17.1. The molecular formula is C19H24N4O2. The van der Waals surface area contributed by atoms with Gasteiger partial charge in [-0.2, -0.15) is 0 Å². The van der Waals surface area contributed by atoms with Gasteiger partial charge in [-0.1, -0.05) is 18.2 Å². The van der Waals surface area contributed by atoms with Gasteiger partial charge in [-0.25, -0.2) is 0 Å². The normalized spacial score (nSPS) is 15.0. The maximum Gasteiger partial charge on any atom is 0.238 e. The molecule has 132 valence electrons. The van der Waals surface area contributed by atoms with Crippen LogP contribution >= 0.6 is 0 Å². The average Bonchev–Trinajstić information content (AvgIpc) is 2.63. The molecule has 0 radical (unpaired) electrons. The van der Waals surface area contributed by atoms with Crippen LogP contribution in [0.4, 0.5) is 17.1 Å². The number of carbonyl (C=O) groups is 1. The lowest BCUT2D eigenvalue weighted by atomic mass is 10.2. The number of nitrogens with two attached hydrogens (primary N) is 1. The Bertz CT molecular complexity index is 713. The van der Waals surface area contributed by atoms with E-state index in [0.29, 0.717) is 23.7 Å². The monoisotopic (exact) mass is 340 g/mol. The SMILES string of the molecule is COc1ccc(NC(=O)CN2CCN(c3ccccc3)CC2)cc1N. The second kappa shape index (κ2) is 7.90. The number of para-hydroxylation sites is 1. The second-order valence-corrected chi connectivity index (χ2v) is 6.10. The molecule has 2 aromatic carbocycles. The van der Waals surface area contributed by atoms with Crippen LogP contribution in [0.3, 0.4) is 0 Å². The zero-order valence-electron chi connectivity index (χ0n) is 14.4. The van der Waals surface area contributed by atoms with Crippen LogP contribution in [-0.4, -0.2) is 50.6 Å². The smallest absolute Gasteiger partial charge is 0.238 e. The summed E-state index contributed by atoms with van der Waals surface area (Å²) in [6.07, 6.45) is 0. The zero-order valence-corrected chi connectivity index (χ0v) is 14.4. The molecule has 1 saturated heterocycles. The number of piperazine rings is 1. The number of benzene rings is 2. The van der Waals surface area contributed by atoms with Crippen LogP contribution in [0.25, 0.3) is 0 Å². The maximum absolute atomic E-state index is 12.3. The molecule has 3 rings (SSSR count). The molecule has 0 unspecified atom stereocenters. The lowest BCUT2D eigenvalue weighted by molar-refractivity contribution is -0.117. The first-order chi connectivity index (χ1) is 12.2. The largest absolute Gasteiger partial charge is 0.495 e. The molecule has 0 atom stereocenters. The highest BCUT2D eigenvalue weighted by Gasteiger charge is 2.19. The predicted octanol–water partition coefficient (Wildman–Crippen LogP) is 2.04. The Morgan fingerprint density at radius 3 is 2.48 bits per heavy atom. The van der Waals surface area contributed by atoms with Crippen molar-refractivity contribution in [3.63, 3.8) is 0 Å². The van der Waals surface area contributed by atoms with Gasteiger partial charge < -0.3 is 20.7 Å². The number of nitrogens with zero attached hydrogens (tertiary/aromatic N) is 2.